The van der Waals surface area contributed by atoms with Crippen molar-refractivity contribution >= 4 is 23.3 Å². The zero-order chi connectivity index (χ0) is 24.1. The number of nitrogens with two attached hydrogens (primary N) is 2. The Labute approximate surface area is 185 Å². The molecule has 2 unspecified atom stereocenters. The number of ketones is 2. The second kappa shape index (κ2) is 9.97. The van der Waals surface area contributed by atoms with Gasteiger partial charge < -0.3 is 16.2 Å². The van der Waals surface area contributed by atoms with Crippen molar-refractivity contribution in [2.75, 3.05) is 11.9 Å². The third-order valence-corrected chi connectivity index (χ3v) is 4.53. The minimum absolute atomic E-state index is 0.216. The van der Waals surface area contributed by atoms with Crippen LogP contribution in [-0.2, 0) is 9.53 Å². The predicted molar refractivity (Wildman–Crippen MR) is 117 cm³/mol. The summed E-state index contributed by atoms with van der Waals surface area (Å²) in [5.74, 6) is -7.46. The van der Waals surface area contributed by atoms with Crippen LogP contribution < -0.4 is 16.8 Å². The van der Waals surface area contributed by atoms with E-state index in [0.29, 0.717) is 5.69 Å². The molecule has 0 saturated carbocycles. The standard InChI is InChI=1S/C23H27F2N3O4/c1-22(2,3)32-21(31)28-16-11-9-14(10-12-16)17(18(27)20(30)23(24,25)13-26)19(29)15-7-5-4-6-8-15/h4-12,17-18H,13,26-27H2,1-3H3,(H,28,31). The van der Waals surface area contributed by atoms with Crippen LogP contribution in [0.1, 0.15) is 42.6 Å². The first kappa shape index (κ1) is 25.1. The molecule has 9 heteroatoms. The highest BCUT2D eigenvalue weighted by Gasteiger charge is 2.45. The number of halogens is 2. The molecule has 7 nitrogen and oxygen atoms in total. The molecular formula is C23H27F2N3O4. The van der Waals surface area contributed by atoms with Crippen molar-refractivity contribution in [3.8, 4) is 0 Å². The maximum atomic E-state index is 14.0. The van der Waals surface area contributed by atoms with E-state index in [4.69, 9.17) is 16.2 Å². The van der Waals surface area contributed by atoms with Crippen LogP contribution >= 0.6 is 0 Å². The van der Waals surface area contributed by atoms with E-state index in [1.54, 1.807) is 39.0 Å². The number of Topliss-reactive ketones (excluding diaryl/α,β-unsaturated/α-hetero) is 2. The maximum Gasteiger partial charge on any atom is 0.412 e. The molecule has 0 heterocycles. The summed E-state index contributed by atoms with van der Waals surface area (Å²) in [6.45, 7) is 3.92. The average molecular weight is 447 g/mol. The largest absolute Gasteiger partial charge is 0.444 e. The molecule has 0 spiro atoms. The molecule has 2 aromatic rings. The summed E-state index contributed by atoms with van der Waals surface area (Å²) in [6.07, 6.45) is -0.684. The Hall–Kier alpha value is -3.17. The summed E-state index contributed by atoms with van der Waals surface area (Å²) < 4.78 is 33.1. The lowest BCUT2D eigenvalue weighted by molar-refractivity contribution is -0.143. The summed E-state index contributed by atoms with van der Waals surface area (Å²) in [7, 11) is 0. The SMILES string of the molecule is CC(C)(C)OC(=O)Nc1ccc(C(C(=O)c2ccccc2)C(N)C(=O)C(F)(F)CN)cc1. The van der Waals surface area contributed by atoms with Crippen LogP contribution in [0.15, 0.2) is 54.6 Å². The fourth-order valence-corrected chi connectivity index (χ4v) is 2.99. The lowest BCUT2D eigenvalue weighted by Crippen LogP contribution is -2.51. The van der Waals surface area contributed by atoms with Crippen molar-refractivity contribution in [3.63, 3.8) is 0 Å². The van der Waals surface area contributed by atoms with E-state index in [1.807, 2.05) is 0 Å². The predicted octanol–water partition coefficient (Wildman–Crippen LogP) is 3.49. The smallest absolute Gasteiger partial charge is 0.412 e. The van der Waals surface area contributed by atoms with Crippen molar-refractivity contribution in [1.29, 1.82) is 0 Å². The van der Waals surface area contributed by atoms with Gasteiger partial charge in [-0.15, -0.1) is 0 Å². The molecule has 2 rings (SSSR count). The van der Waals surface area contributed by atoms with Crippen LogP contribution in [0.25, 0.3) is 0 Å². The van der Waals surface area contributed by atoms with E-state index in [-0.39, 0.29) is 11.1 Å². The van der Waals surface area contributed by atoms with E-state index in [9.17, 15) is 23.2 Å². The third-order valence-electron chi connectivity index (χ3n) is 4.53. The lowest BCUT2D eigenvalue weighted by atomic mass is 9.82. The number of benzene rings is 2. The molecule has 0 aliphatic heterocycles. The molecule has 0 aliphatic carbocycles. The summed E-state index contributed by atoms with van der Waals surface area (Å²) in [6, 6.07) is 11.9. The molecular weight excluding hydrogens is 420 g/mol. The normalized spacial score (nSPS) is 13.7. The first-order valence-electron chi connectivity index (χ1n) is 9.93. The average Bonchev–Trinajstić information content (AvgIpc) is 2.73. The first-order chi connectivity index (χ1) is 14.9. The minimum atomic E-state index is -3.87. The highest BCUT2D eigenvalue weighted by Crippen LogP contribution is 2.29. The Balaban J connectivity index is 2.36. The van der Waals surface area contributed by atoms with Gasteiger partial charge in [-0.2, -0.15) is 8.78 Å². The van der Waals surface area contributed by atoms with E-state index in [0.717, 1.165) is 0 Å². The van der Waals surface area contributed by atoms with Crippen molar-refractivity contribution in [1.82, 2.24) is 0 Å². The van der Waals surface area contributed by atoms with Crippen LogP contribution in [0, 0.1) is 0 Å². The molecule has 0 saturated heterocycles. The molecule has 5 N–H and O–H groups in total. The van der Waals surface area contributed by atoms with Crippen molar-refractivity contribution in [2.24, 2.45) is 11.5 Å². The second-order valence-corrected chi connectivity index (χ2v) is 8.26. The summed E-state index contributed by atoms with van der Waals surface area (Å²) >= 11 is 0. The fourth-order valence-electron chi connectivity index (χ4n) is 2.99. The third kappa shape index (κ3) is 6.41. The Morgan fingerprint density at radius 1 is 1.00 bits per heavy atom. The highest BCUT2D eigenvalue weighted by atomic mass is 19.3. The van der Waals surface area contributed by atoms with Gasteiger partial charge in [-0.3, -0.25) is 14.9 Å². The van der Waals surface area contributed by atoms with Gasteiger partial charge in [0.25, 0.3) is 0 Å². The number of carbonyl (C=O) groups excluding carboxylic acids is 3. The van der Waals surface area contributed by atoms with E-state index in [1.165, 1.54) is 36.4 Å². The number of amides is 1. The monoisotopic (exact) mass is 447 g/mol. The topological polar surface area (TPSA) is 125 Å². The number of carbonyl (C=O) groups is 3. The summed E-state index contributed by atoms with van der Waals surface area (Å²) in [4.78, 5) is 37.4. The maximum absolute atomic E-state index is 14.0. The zero-order valence-corrected chi connectivity index (χ0v) is 18.1. The quantitative estimate of drug-likeness (QED) is 0.532. The van der Waals surface area contributed by atoms with Gasteiger partial charge in [0, 0.05) is 11.3 Å². The van der Waals surface area contributed by atoms with Gasteiger partial charge in [0.1, 0.15) is 5.60 Å². The van der Waals surface area contributed by atoms with Crippen molar-refractivity contribution in [2.45, 2.75) is 44.3 Å². The molecule has 2 aromatic carbocycles. The van der Waals surface area contributed by atoms with E-state index >= 15 is 0 Å². The minimum Gasteiger partial charge on any atom is -0.444 e. The summed E-state index contributed by atoms with van der Waals surface area (Å²) in [5.41, 5.74) is 11.0. The van der Waals surface area contributed by atoms with Gasteiger partial charge in [-0.05, 0) is 38.5 Å². The number of hydrogen-bond acceptors (Lipinski definition) is 6. The Bertz CT molecular complexity index is 957. The second-order valence-electron chi connectivity index (χ2n) is 8.26. The molecule has 0 fully saturated rings. The number of nitrogens with one attached hydrogen (secondary N) is 1. The van der Waals surface area contributed by atoms with Gasteiger partial charge in [-0.25, -0.2) is 4.79 Å². The molecule has 0 aliphatic rings. The molecule has 0 aromatic heterocycles. The van der Waals surface area contributed by atoms with Crippen molar-refractivity contribution in [3.05, 3.63) is 65.7 Å². The number of alkyl halides is 2. The van der Waals surface area contributed by atoms with Crippen LogP contribution in [0.2, 0.25) is 0 Å². The Kier molecular flexibility index (Phi) is 7.82. The van der Waals surface area contributed by atoms with Crippen LogP contribution in [0.3, 0.4) is 0 Å². The van der Waals surface area contributed by atoms with Gasteiger partial charge in [0.15, 0.2) is 5.78 Å². The van der Waals surface area contributed by atoms with E-state index < -0.39 is 47.7 Å². The van der Waals surface area contributed by atoms with Crippen LogP contribution in [0.5, 0.6) is 0 Å². The van der Waals surface area contributed by atoms with E-state index in [2.05, 4.69) is 5.32 Å². The molecule has 0 radical (unpaired) electrons. The lowest BCUT2D eigenvalue weighted by Gasteiger charge is -2.25. The Morgan fingerprint density at radius 2 is 1.56 bits per heavy atom. The summed E-state index contributed by atoms with van der Waals surface area (Å²) in [5, 5.41) is 2.53. The van der Waals surface area contributed by atoms with Gasteiger partial charge >= 0.3 is 12.0 Å². The van der Waals surface area contributed by atoms with Crippen LogP contribution in [-0.4, -0.2) is 41.8 Å². The fraction of sp³-hybridized carbons (Fsp3) is 0.348. The van der Waals surface area contributed by atoms with Crippen LogP contribution in [0.4, 0.5) is 19.3 Å². The molecule has 32 heavy (non-hydrogen) atoms. The van der Waals surface area contributed by atoms with Gasteiger partial charge in [-0.1, -0.05) is 42.5 Å². The highest BCUT2D eigenvalue weighted by molar-refractivity contribution is 6.06. The van der Waals surface area contributed by atoms with Gasteiger partial charge in [0.05, 0.1) is 18.5 Å². The molecule has 2 atom stereocenters. The number of anilines is 1. The number of ether oxygens (including phenoxy) is 1. The van der Waals surface area contributed by atoms with Gasteiger partial charge in [0.2, 0.25) is 5.78 Å². The van der Waals surface area contributed by atoms with Crippen molar-refractivity contribution < 1.29 is 27.9 Å². The molecule has 172 valence electrons. The first-order valence-corrected chi connectivity index (χ1v) is 9.93. The Morgan fingerprint density at radius 3 is 2.06 bits per heavy atom. The number of hydrogen-bond donors (Lipinski definition) is 3. The molecule has 1 amide bonds. The zero-order valence-electron chi connectivity index (χ0n) is 18.1. The molecule has 0 bridgehead atoms. The number of rotatable bonds is 8.